The first-order valence-electron chi connectivity index (χ1n) is 6.77. The lowest BCUT2D eigenvalue weighted by Gasteiger charge is -2.24. The number of sulfonamides is 1. The SMILES string of the molecule is CCS(=O)(=O)N1CCc2nc(NC(=O)C3CC3)sc2C1. The number of hydrogen-bond acceptors (Lipinski definition) is 5. The molecule has 1 fully saturated rings. The summed E-state index contributed by atoms with van der Waals surface area (Å²) in [5.41, 5.74) is 0.920. The van der Waals surface area contributed by atoms with Crippen molar-refractivity contribution >= 4 is 32.4 Å². The summed E-state index contributed by atoms with van der Waals surface area (Å²) in [7, 11) is -3.16. The Balaban J connectivity index is 1.73. The van der Waals surface area contributed by atoms with Crippen LogP contribution in [0.15, 0.2) is 0 Å². The van der Waals surface area contributed by atoms with Gasteiger partial charge in [0, 0.05) is 30.3 Å². The minimum atomic E-state index is -3.16. The number of rotatable bonds is 4. The Morgan fingerprint density at radius 1 is 1.50 bits per heavy atom. The van der Waals surface area contributed by atoms with Crippen LogP contribution >= 0.6 is 11.3 Å². The number of carbonyl (C=O) groups is 1. The fourth-order valence-corrected chi connectivity index (χ4v) is 4.37. The van der Waals surface area contributed by atoms with E-state index in [4.69, 9.17) is 0 Å². The molecule has 0 atom stereocenters. The highest BCUT2D eigenvalue weighted by Crippen LogP contribution is 2.33. The Kier molecular flexibility index (Phi) is 3.55. The van der Waals surface area contributed by atoms with Crippen LogP contribution in [0.2, 0.25) is 0 Å². The van der Waals surface area contributed by atoms with Crippen molar-refractivity contribution in [1.29, 1.82) is 0 Å². The van der Waals surface area contributed by atoms with Crippen LogP contribution in [0.25, 0.3) is 0 Å². The molecule has 0 aromatic carbocycles. The quantitative estimate of drug-likeness (QED) is 0.905. The van der Waals surface area contributed by atoms with Gasteiger partial charge in [-0.25, -0.2) is 13.4 Å². The maximum Gasteiger partial charge on any atom is 0.229 e. The minimum Gasteiger partial charge on any atom is -0.302 e. The lowest BCUT2D eigenvalue weighted by molar-refractivity contribution is -0.117. The predicted molar refractivity (Wildman–Crippen MR) is 77.0 cm³/mol. The van der Waals surface area contributed by atoms with Gasteiger partial charge in [0.15, 0.2) is 5.13 Å². The van der Waals surface area contributed by atoms with E-state index in [1.54, 1.807) is 6.92 Å². The number of carbonyl (C=O) groups excluding carboxylic acids is 1. The molecular formula is C12H17N3O3S2. The molecule has 2 heterocycles. The summed E-state index contributed by atoms with van der Waals surface area (Å²) in [5, 5.41) is 3.43. The zero-order chi connectivity index (χ0) is 14.3. The average molecular weight is 315 g/mol. The Hall–Kier alpha value is -0.990. The van der Waals surface area contributed by atoms with E-state index in [-0.39, 0.29) is 17.6 Å². The van der Waals surface area contributed by atoms with Crippen molar-refractivity contribution in [1.82, 2.24) is 9.29 Å². The topological polar surface area (TPSA) is 79.4 Å². The maximum atomic E-state index is 11.9. The van der Waals surface area contributed by atoms with Crippen molar-refractivity contribution in [2.45, 2.75) is 32.7 Å². The van der Waals surface area contributed by atoms with Crippen LogP contribution < -0.4 is 5.32 Å². The summed E-state index contributed by atoms with van der Waals surface area (Å²) in [6, 6.07) is 0. The Morgan fingerprint density at radius 2 is 2.25 bits per heavy atom. The van der Waals surface area contributed by atoms with Crippen LogP contribution in [-0.2, 0) is 27.8 Å². The van der Waals surface area contributed by atoms with E-state index < -0.39 is 10.0 Å². The molecule has 1 N–H and O–H groups in total. The summed E-state index contributed by atoms with van der Waals surface area (Å²) >= 11 is 1.39. The lowest BCUT2D eigenvalue weighted by atomic mass is 10.2. The number of anilines is 1. The van der Waals surface area contributed by atoms with Crippen molar-refractivity contribution < 1.29 is 13.2 Å². The smallest absolute Gasteiger partial charge is 0.229 e. The third-order valence-corrected chi connectivity index (χ3v) is 6.46. The fourth-order valence-electron chi connectivity index (χ4n) is 2.20. The van der Waals surface area contributed by atoms with E-state index in [0.29, 0.717) is 24.6 Å². The molecule has 1 aliphatic heterocycles. The number of amides is 1. The molecule has 6 nitrogen and oxygen atoms in total. The molecule has 1 aliphatic carbocycles. The third-order valence-electron chi connectivity index (χ3n) is 3.63. The molecule has 1 saturated carbocycles. The van der Waals surface area contributed by atoms with E-state index in [2.05, 4.69) is 10.3 Å². The number of nitrogens with zero attached hydrogens (tertiary/aromatic N) is 2. The Morgan fingerprint density at radius 3 is 2.90 bits per heavy atom. The van der Waals surface area contributed by atoms with Crippen LogP contribution in [0, 0.1) is 5.92 Å². The number of aromatic nitrogens is 1. The van der Waals surface area contributed by atoms with Crippen molar-refractivity contribution in [3.63, 3.8) is 0 Å². The normalized spacial score (nSPS) is 19.6. The summed E-state index contributed by atoms with van der Waals surface area (Å²) < 4.78 is 25.3. The molecule has 0 spiro atoms. The van der Waals surface area contributed by atoms with Gasteiger partial charge in [0.1, 0.15) is 0 Å². The van der Waals surface area contributed by atoms with Crippen molar-refractivity contribution in [3.8, 4) is 0 Å². The Bertz CT molecular complexity index is 634. The molecule has 20 heavy (non-hydrogen) atoms. The Labute approximate surface area is 122 Å². The molecule has 0 bridgehead atoms. The number of hydrogen-bond donors (Lipinski definition) is 1. The van der Waals surface area contributed by atoms with Gasteiger partial charge in [-0.2, -0.15) is 4.31 Å². The minimum absolute atomic E-state index is 0.0362. The summed E-state index contributed by atoms with van der Waals surface area (Å²) in [6.07, 6.45) is 2.53. The van der Waals surface area contributed by atoms with Gasteiger partial charge in [0.2, 0.25) is 15.9 Å². The van der Waals surface area contributed by atoms with Crippen molar-refractivity contribution in [3.05, 3.63) is 10.6 Å². The van der Waals surface area contributed by atoms with Gasteiger partial charge in [-0.1, -0.05) is 0 Å². The highest BCUT2D eigenvalue weighted by Gasteiger charge is 2.31. The summed E-state index contributed by atoms with van der Waals surface area (Å²) in [5.74, 6) is 0.300. The molecule has 1 aromatic heterocycles. The second kappa shape index (κ2) is 5.09. The largest absolute Gasteiger partial charge is 0.302 e. The van der Waals surface area contributed by atoms with E-state index in [1.165, 1.54) is 15.6 Å². The lowest BCUT2D eigenvalue weighted by Crippen LogP contribution is -2.36. The first-order chi connectivity index (χ1) is 9.49. The van der Waals surface area contributed by atoms with E-state index >= 15 is 0 Å². The summed E-state index contributed by atoms with van der Waals surface area (Å²) in [6.45, 7) is 2.50. The molecule has 8 heteroatoms. The fraction of sp³-hybridized carbons (Fsp3) is 0.667. The van der Waals surface area contributed by atoms with Gasteiger partial charge < -0.3 is 5.32 Å². The van der Waals surface area contributed by atoms with Crippen LogP contribution in [-0.4, -0.2) is 35.9 Å². The molecule has 110 valence electrons. The third kappa shape index (κ3) is 2.72. The van der Waals surface area contributed by atoms with Crippen LogP contribution in [0.4, 0.5) is 5.13 Å². The van der Waals surface area contributed by atoms with E-state index in [9.17, 15) is 13.2 Å². The highest BCUT2D eigenvalue weighted by molar-refractivity contribution is 7.89. The molecule has 1 aromatic rings. The van der Waals surface area contributed by atoms with Gasteiger partial charge in [0.25, 0.3) is 0 Å². The highest BCUT2D eigenvalue weighted by atomic mass is 32.2. The van der Waals surface area contributed by atoms with Gasteiger partial charge >= 0.3 is 0 Å². The second-order valence-corrected chi connectivity index (χ2v) is 8.48. The van der Waals surface area contributed by atoms with Gasteiger partial charge in [-0.15, -0.1) is 11.3 Å². The maximum absolute atomic E-state index is 11.9. The molecule has 3 rings (SSSR count). The first kappa shape index (κ1) is 14.0. The number of nitrogens with one attached hydrogen (secondary N) is 1. The molecule has 0 unspecified atom stereocenters. The molecule has 2 aliphatic rings. The van der Waals surface area contributed by atoms with Crippen LogP contribution in [0.3, 0.4) is 0 Å². The number of thiazole rings is 1. The van der Waals surface area contributed by atoms with Crippen LogP contribution in [0.5, 0.6) is 0 Å². The van der Waals surface area contributed by atoms with Gasteiger partial charge in [-0.05, 0) is 19.8 Å². The van der Waals surface area contributed by atoms with Crippen molar-refractivity contribution in [2.24, 2.45) is 5.92 Å². The molecular weight excluding hydrogens is 298 g/mol. The average Bonchev–Trinajstić information content (AvgIpc) is 3.19. The van der Waals surface area contributed by atoms with Gasteiger partial charge in [0.05, 0.1) is 11.4 Å². The number of fused-ring (bicyclic) bond motifs is 1. The van der Waals surface area contributed by atoms with E-state index in [1.807, 2.05) is 0 Å². The van der Waals surface area contributed by atoms with Gasteiger partial charge in [-0.3, -0.25) is 4.79 Å². The zero-order valence-corrected chi connectivity index (χ0v) is 12.9. The monoisotopic (exact) mass is 315 g/mol. The molecule has 0 saturated heterocycles. The molecule has 0 radical (unpaired) electrons. The van der Waals surface area contributed by atoms with Crippen LogP contribution in [0.1, 0.15) is 30.3 Å². The van der Waals surface area contributed by atoms with Crippen molar-refractivity contribution in [2.75, 3.05) is 17.6 Å². The van der Waals surface area contributed by atoms with E-state index in [0.717, 1.165) is 23.4 Å². The second-order valence-electron chi connectivity index (χ2n) is 5.14. The molecule has 1 amide bonds. The standard InChI is InChI=1S/C12H17N3O3S2/c1-2-20(17,18)15-6-5-9-10(7-15)19-12(13-9)14-11(16)8-3-4-8/h8H,2-7H2,1H3,(H,13,14,16). The zero-order valence-electron chi connectivity index (χ0n) is 11.3. The first-order valence-corrected chi connectivity index (χ1v) is 9.19. The summed E-state index contributed by atoms with van der Waals surface area (Å²) in [4.78, 5) is 17.1. The predicted octanol–water partition coefficient (Wildman–Crippen LogP) is 1.20.